The molecule has 0 spiro atoms. The average Bonchev–Trinajstić information content (AvgIpc) is 3.13. The van der Waals surface area contributed by atoms with Gasteiger partial charge in [-0.25, -0.2) is 4.98 Å². The maximum atomic E-state index is 13.0. The van der Waals surface area contributed by atoms with Crippen molar-refractivity contribution in [2.45, 2.75) is 58.5 Å². The smallest absolute Gasteiger partial charge is 0.262 e. The number of aromatic nitrogens is 2. The zero-order valence-corrected chi connectivity index (χ0v) is 18.3. The maximum Gasteiger partial charge on any atom is 0.262 e. The van der Waals surface area contributed by atoms with E-state index in [2.05, 4.69) is 10.3 Å². The van der Waals surface area contributed by atoms with Crippen LogP contribution in [0.25, 0.3) is 10.2 Å². The highest BCUT2D eigenvalue weighted by molar-refractivity contribution is 7.18. The van der Waals surface area contributed by atoms with E-state index in [9.17, 15) is 9.59 Å². The summed E-state index contributed by atoms with van der Waals surface area (Å²) >= 11 is 1.64. The minimum absolute atomic E-state index is 0.0215. The first-order chi connectivity index (χ1) is 14.6. The van der Waals surface area contributed by atoms with Gasteiger partial charge >= 0.3 is 0 Å². The molecule has 0 bridgehead atoms. The Balaban J connectivity index is 1.40. The summed E-state index contributed by atoms with van der Waals surface area (Å²) in [5.41, 5.74) is 2.17. The van der Waals surface area contributed by atoms with Crippen molar-refractivity contribution in [1.29, 1.82) is 0 Å². The Bertz CT molecular complexity index is 1100. The zero-order valence-electron chi connectivity index (χ0n) is 17.4. The van der Waals surface area contributed by atoms with Crippen LogP contribution < -0.4 is 15.6 Å². The fourth-order valence-corrected chi connectivity index (χ4v) is 5.20. The molecule has 2 aromatic heterocycles. The monoisotopic (exact) mass is 425 g/mol. The highest BCUT2D eigenvalue weighted by Gasteiger charge is 2.20. The molecule has 0 saturated heterocycles. The molecule has 3 aromatic rings. The van der Waals surface area contributed by atoms with E-state index in [4.69, 9.17) is 4.74 Å². The van der Waals surface area contributed by atoms with Crippen molar-refractivity contribution < 1.29 is 9.53 Å². The fourth-order valence-electron chi connectivity index (χ4n) is 3.98. The van der Waals surface area contributed by atoms with Crippen LogP contribution in [0.2, 0.25) is 0 Å². The van der Waals surface area contributed by atoms with Crippen molar-refractivity contribution in [2.75, 3.05) is 6.61 Å². The van der Waals surface area contributed by atoms with E-state index in [0.29, 0.717) is 13.2 Å². The van der Waals surface area contributed by atoms with Gasteiger partial charge in [0.05, 0.1) is 24.4 Å². The Kier molecular flexibility index (Phi) is 6.18. The van der Waals surface area contributed by atoms with Crippen molar-refractivity contribution >= 4 is 27.5 Å². The van der Waals surface area contributed by atoms with Gasteiger partial charge in [-0.15, -0.1) is 11.3 Å². The lowest BCUT2D eigenvalue weighted by Gasteiger charge is -2.15. The topological polar surface area (TPSA) is 73.2 Å². The van der Waals surface area contributed by atoms with Crippen molar-refractivity contribution in [3.8, 4) is 5.75 Å². The van der Waals surface area contributed by atoms with E-state index in [-0.39, 0.29) is 23.9 Å². The first-order valence-electron chi connectivity index (χ1n) is 10.6. The summed E-state index contributed by atoms with van der Waals surface area (Å²) in [6.07, 6.45) is 6.12. The molecule has 1 aromatic carbocycles. The van der Waals surface area contributed by atoms with Crippen LogP contribution in [0.1, 0.15) is 55.2 Å². The normalized spacial score (nSPS) is 14.3. The summed E-state index contributed by atoms with van der Waals surface area (Å²) < 4.78 is 7.03. The molecule has 1 aliphatic carbocycles. The molecule has 0 radical (unpaired) electrons. The second-order valence-corrected chi connectivity index (χ2v) is 8.76. The predicted molar refractivity (Wildman–Crippen MR) is 119 cm³/mol. The number of hydrogen-bond donors (Lipinski definition) is 1. The number of thiophene rings is 1. The Hall–Kier alpha value is -2.67. The van der Waals surface area contributed by atoms with Crippen LogP contribution in [0.3, 0.4) is 0 Å². The molecule has 1 aliphatic rings. The van der Waals surface area contributed by atoms with E-state index in [0.717, 1.165) is 40.8 Å². The molecule has 0 unspecified atom stereocenters. The quantitative estimate of drug-likeness (QED) is 0.621. The van der Waals surface area contributed by atoms with Gasteiger partial charge in [0.2, 0.25) is 5.91 Å². The number of benzene rings is 1. The Labute approximate surface area is 179 Å². The molecule has 1 N–H and O–H groups in total. The van der Waals surface area contributed by atoms with Gasteiger partial charge in [-0.1, -0.05) is 12.1 Å². The molecular formula is C23H27N3O3S. The van der Waals surface area contributed by atoms with Crippen LogP contribution in [0, 0.1) is 0 Å². The van der Waals surface area contributed by atoms with Gasteiger partial charge in [0, 0.05) is 17.8 Å². The standard InChI is InChI=1S/C23H27N3O3S/c1-3-29-17-10-8-16(9-11-17)15(2)25-20(27)12-13-26-14-24-22-21(23(26)28)18-6-4-5-7-19(18)30-22/h8-11,14-15H,3-7,12-13H2,1-2H3,(H,25,27)/t15-/m1/s1. The summed E-state index contributed by atoms with van der Waals surface area (Å²) in [5.74, 6) is 0.730. The number of fused-ring (bicyclic) bond motifs is 3. The molecule has 2 heterocycles. The van der Waals surface area contributed by atoms with Crippen LogP contribution in [0.15, 0.2) is 35.4 Å². The number of ether oxygens (including phenoxy) is 1. The van der Waals surface area contributed by atoms with E-state index in [1.165, 1.54) is 16.9 Å². The number of carbonyl (C=O) groups is 1. The molecule has 7 heteroatoms. The van der Waals surface area contributed by atoms with Gasteiger partial charge in [0.15, 0.2) is 0 Å². The van der Waals surface area contributed by atoms with E-state index < -0.39 is 0 Å². The average molecular weight is 426 g/mol. The summed E-state index contributed by atoms with van der Waals surface area (Å²) in [6, 6.07) is 7.61. The number of rotatable bonds is 7. The molecule has 158 valence electrons. The van der Waals surface area contributed by atoms with E-state index >= 15 is 0 Å². The molecular weight excluding hydrogens is 398 g/mol. The number of nitrogens with zero attached hydrogens (tertiary/aromatic N) is 2. The summed E-state index contributed by atoms with van der Waals surface area (Å²) in [5, 5.41) is 3.77. The van der Waals surface area contributed by atoms with Gasteiger partial charge in [-0.3, -0.25) is 14.2 Å². The maximum absolute atomic E-state index is 13.0. The van der Waals surface area contributed by atoms with Crippen molar-refractivity contribution in [1.82, 2.24) is 14.9 Å². The minimum Gasteiger partial charge on any atom is -0.494 e. The second-order valence-electron chi connectivity index (χ2n) is 7.68. The molecule has 0 aliphatic heterocycles. The number of hydrogen-bond acceptors (Lipinski definition) is 5. The van der Waals surface area contributed by atoms with Crippen molar-refractivity contribution in [2.24, 2.45) is 0 Å². The van der Waals surface area contributed by atoms with Gasteiger partial charge in [-0.2, -0.15) is 0 Å². The first-order valence-corrected chi connectivity index (χ1v) is 11.4. The van der Waals surface area contributed by atoms with Crippen LogP contribution in [-0.4, -0.2) is 22.1 Å². The molecule has 6 nitrogen and oxygen atoms in total. The number of aryl methyl sites for hydroxylation is 3. The van der Waals surface area contributed by atoms with Gasteiger partial charge < -0.3 is 10.1 Å². The lowest BCUT2D eigenvalue weighted by Crippen LogP contribution is -2.29. The van der Waals surface area contributed by atoms with Gasteiger partial charge in [-0.05, 0) is 62.8 Å². The molecule has 30 heavy (non-hydrogen) atoms. The molecule has 1 amide bonds. The highest BCUT2D eigenvalue weighted by atomic mass is 32.1. The number of amides is 1. The third-order valence-corrected chi connectivity index (χ3v) is 6.79. The summed E-state index contributed by atoms with van der Waals surface area (Å²) in [7, 11) is 0. The van der Waals surface area contributed by atoms with Crippen LogP contribution >= 0.6 is 11.3 Å². The van der Waals surface area contributed by atoms with Crippen LogP contribution in [-0.2, 0) is 24.2 Å². The Morgan fingerprint density at radius 3 is 2.80 bits per heavy atom. The van der Waals surface area contributed by atoms with Crippen LogP contribution in [0.5, 0.6) is 5.75 Å². The molecule has 1 atom stereocenters. The first kappa shape index (κ1) is 20.6. The third kappa shape index (κ3) is 4.26. The minimum atomic E-state index is -0.116. The second kappa shape index (κ2) is 9.00. The number of nitrogens with one attached hydrogen (secondary N) is 1. The zero-order chi connectivity index (χ0) is 21.1. The summed E-state index contributed by atoms with van der Waals surface area (Å²) in [6.45, 7) is 4.85. The van der Waals surface area contributed by atoms with Crippen LogP contribution in [0.4, 0.5) is 0 Å². The Morgan fingerprint density at radius 1 is 1.27 bits per heavy atom. The van der Waals surface area contributed by atoms with E-state index in [1.807, 2.05) is 38.1 Å². The van der Waals surface area contributed by atoms with Gasteiger partial charge in [0.1, 0.15) is 10.6 Å². The SMILES string of the molecule is CCOc1ccc([C@@H](C)NC(=O)CCn2cnc3sc4c(c3c2=O)CCCC4)cc1. The third-order valence-electron chi connectivity index (χ3n) is 5.59. The molecule has 4 rings (SSSR count). The lowest BCUT2D eigenvalue weighted by molar-refractivity contribution is -0.121. The summed E-state index contributed by atoms with van der Waals surface area (Å²) in [4.78, 5) is 32.1. The van der Waals surface area contributed by atoms with Crippen molar-refractivity contribution in [3.05, 3.63) is 57.0 Å². The predicted octanol–water partition coefficient (Wildman–Crippen LogP) is 4.00. The van der Waals surface area contributed by atoms with Crippen molar-refractivity contribution in [3.63, 3.8) is 0 Å². The van der Waals surface area contributed by atoms with Gasteiger partial charge in [0.25, 0.3) is 5.56 Å². The highest BCUT2D eigenvalue weighted by Crippen LogP contribution is 2.33. The largest absolute Gasteiger partial charge is 0.494 e. The van der Waals surface area contributed by atoms with E-state index in [1.54, 1.807) is 22.2 Å². The molecule has 0 saturated carbocycles. The fraction of sp³-hybridized carbons (Fsp3) is 0.435. The Morgan fingerprint density at radius 2 is 2.03 bits per heavy atom. The number of carbonyl (C=O) groups excluding carboxylic acids is 1. The molecule has 0 fully saturated rings. The lowest BCUT2D eigenvalue weighted by atomic mass is 9.97.